The highest BCUT2D eigenvalue weighted by Gasteiger charge is 2.27. The lowest BCUT2D eigenvalue weighted by atomic mass is 9.89. The minimum absolute atomic E-state index is 0.336. The Morgan fingerprint density at radius 3 is 2.55 bits per heavy atom. The van der Waals surface area contributed by atoms with Crippen molar-refractivity contribution < 1.29 is 9.47 Å². The van der Waals surface area contributed by atoms with Crippen molar-refractivity contribution in [2.24, 2.45) is 0 Å². The molecule has 0 aromatic carbocycles. The molecule has 0 bridgehead atoms. The molecule has 0 fully saturated rings. The molecule has 3 nitrogen and oxygen atoms in total. The molecule has 1 atom stereocenters. The lowest BCUT2D eigenvalue weighted by Gasteiger charge is -2.35. The monoisotopic (exact) mass is 385 g/mol. The van der Waals surface area contributed by atoms with E-state index in [-0.39, 0.29) is 0 Å². The largest absolute Gasteiger partial charge is 0.384 e. The van der Waals surface area contributed by atoms with Crippen molar-refractivity contribution in [1.82, 2.24) is 4.90 Å². The zero-order valence-electron chi connectivity index (χ0n) is 13.7. The number of allylic oxidation sites excluding steroid dienone is 3. The van der Waals surface area contributed by atoms with Crippen LogP contribution in [0.1, 0.15) is 31.1 Å². The molecule has 0 amide bonds. The summed E-state index contributed by atoms with van der Waals surface area (Å²) in [4.78, 5) is 3.73. The predicted octanol–water partition coefficient (Wildman–Crippen LogP) is 4.77. The molecule has 0 N–H and O–H groups in total. The molecule has 0 radical (unpaired) electrons. The van der Waals surface area contributed by atoms with Crippen LogP contribution in [0, 0.1) is 0 Å². The first-order valence-corrected chi connectivity index (χ1v) is 9.13. The summed E-state index contributed by atoms with van der Waals surface area (Å²) in [5, 5.41) is 2.14. The number of methoxy groups -OCH3 is 2. The van der Waals surface area contributed by atoms with Gasteiger partial charge in [0.15, 0.2) is 0 Å². The summed E-state index contributed by atoms with van der Waals surface area (Å²) in [6, 6.07) is 2.13. The highest BCUT2D eigenvalue weighted by molar-refractivity contribution is 9.10. The fourth-order valence-corrected chi connectivity index (χ4v) is 4.65. The van der Waals surface area contributed by atoms with Crippen LogP contribution in [0.15, 0.2) is 39.0 Å². The van der Waals surface area contributed by atoms with Gasteiger partial charge in [-0.3, -0.25) is 0 Å². The highest BCUT2D eigenvalue weighted by Crippen LogP contribution is 2.42. The second kappa shape index (κ2) is 8.29. The van der Waals surface area contributed by atoms with Gasteiger partial charge in [0, 0.05) is 47.4 Å². The summed E-state index contributed by atoms with van der Waals surface area (Å²) in [7, 11) is 3.51. The maximum absolute atomic E-state index is 5.33. The maximum atomic E-state index is 5.33. The molecule has 2 rings (SSSR count). The van der Waals surface area contributed by atoms with Gasteiger partial charge in [-0.1, -0.05) is 6.08 Å². The smallest absolute Gasteiger partial charge is 0.0641 e. The van der Waals surface area contributed by atoms with Crippen LogP contribution >= 0.6 is 27.3 Å². The first-order valence-electron chi connectivity index (χ1n) is 7.46. The first-order chi connectivity index (χ1) is 10.6. The second-order valence-corrected chi connectivity index (χ2v) is 7.22. The van der Waals surface area contributed by atoms with Crippen molar-refractivity contribution in [3.63, 3.8) is 0 Å². The van der Waals surface area contributed by atoms with Crippen molar-refractivity contribution in [2.75, 3.05) is 34.0 Å². The Kier molecular flexibility index (Phi) is 6.68. The van der Waals surface area contributed by atoms with Crippen LogP contribution in [0.25, 0.3) is 0 Å². The summed E-state index contributed by atoms with van der Waals surface area (Å²) >= 11 is 5.49. The van der Waals surface area contributed by atoms with E-state index in [1.54, 1.807) is 25.6 Å². The van der Waals surface area contributed by atoms with Crippen LogP contribution < -0.4 is 0 Å². The van der Waals surface area contributed by atoms with E-state index >= 15 is 0 Å². The number of hydrogen-bond acceptors (Lipinski definition) is 4. The van der Waals surface area contributed by atoms with Crippen LogP contribution in [0.5, 0.6) is 0 Å². The van der Waals surface area contributed by atoms with Gasteiger partial charge in [-0.15, -0.1) is 11.3 Å². The standard InChI is InChI=1S/C17H24BrNO2S/c1-12-11-15(17-16(18)6-10-22-17)14(5-8-20-3)13(2)19(12)7-9-21-4/h6,10-11,15H,5,7-9H2,1-4H3. The molecule has 5 heteroatoms. The van der Waals surface area contributed by atoms with Crippen molar-refractivity contribution >= 4 is 27.3 Å². The lowest BCUT2D eigenvalue weighted by Crippen LogP contribution is -2.29. The molecular formula is C17H24BrNO2S. The molecule has 1 unspecified atom stereocenters. The summed E-state index contributed by atoms with van der Waals surface area (Å²) < 4.78 is 11.8. The zero-order chi connectivity index (χ0) is 16.1. The van der Waals surface area contributed by atoms with E-state index in [0.29, 0.717) is 5.92 Å². The molecule has 1 aromatic heterocycles. The second-order valence-electron chi connectivity index (χ2n) is 5.42. The Hall–Kier alpha value is -0.620. The van der Waals surface area contributed by atoms with E-state index in [2.05, 4.69) is 52.2 Å². The van der Waals surface area contributed by atoms with E-state index < -0.39 is 0 Å². The van der Waals surface area contributed by atoms with Gasteiger partial charge in [-0.2, -0.15) is 0 Å². The van der Waals surface area contributed by atoms with E-state index in [4.69, 9.17) is 9.47 Å². The molecule has 1 aliphatic heterocycles. The number of halogens is 1. The third-order valence-corrected chi connectivity index (χ3v) is 6.05. The van der Waals surface area contributed by atoms with Crippen molar-refractivity contribution in [2.45, 2.75) is 26.2 Å². The van der Waals surface area contributed by atoms with E-state index in [1.165, 1.54) is 26.3 Å². The topological polar surface area (TPSA) is 21.7 Å². The first kappa shape index (κ1) is 17.7. The molecular weight excluding hydrogens is 362 g/mol. The molecule has 122 valence electrons. The molecule has 1 aliphatic rings. The highest BCUT2D eigenvalue weighted by atomic mass is 79.9. The van der Waals surface area contributed by atoms with Crippen molar-refractivity contribution in [3.05, 3.63) is 43.8 Å². The summed E-state index contributed by atoms with van der Waals surface area (Å²) in [6.45, 7) is 6.76. The van der Waals surface area contributed by atoms with Crippen LogP contribution in [0.2, 0.25) is 0 Å². The van der Waals surface area contributed by atoms with Crippen LogP contribution in [-0.2, 0) is 9.47 Å². The Labute approximate surface area is 145 Å². The Morgan fingerprint density at radius 2 is 1.95 bits per heavy atom. The minimum atomic E-state index is 0.336. The van der Waals surface area contributed by atoms with Gasteiger partial charge in [0.1, 0.15) is 0 Å². The quantitative estimate of drug-likeness (QED) is 0.674. The van der Waals surface area contributed by atoms with Gasteiger partial charge in [0.05, 0.1) is 13.2 Å². The Morgan fingerprint density at radius 1 is 1.23 bits per heavy atom. The maximum Gasteiger partial charge on any atom is 0.0641 e. The fourth-order valence-electron chi connectivity index (χ4n) is 2.93. The van der Waals surface area contributed by atoms with Gasteiger partial charge in [0.2, 0.25) is 0 Å². The number of hydrogen-bond donors (Lipinski definition) is 0. The zero-order valence-corrected chi connectivity index (χ0v) is 16.1. The molecule has 0 aliphatic carbocycles. The number of nitrogens with zero attached hydrogens (tertiary/aromatic N) is 1. The van der Waals surface area contributed by atoms with E-state index in [1.807, 2.05) is 0 Å². The molecule has 0 spiro atoms. The number of ether oxygens (including phenoxy) is 2. The van der Waals surface area contributed by atoms with Crippen LogP contribution in [0.3, 0.4) is 0 Å². The lowest BCUT2D eigenvalue weighted by molar-refractivity contribution is 0.172. The van der Waals surface area contributed by atoms with Crippen molar-refractivity contribution in [1.29, 1.82) is 0 Å². The summed E-state index contributed by atoms with van der Waals surface area (Å²) in [6.07, 6.45) is 3.31. The SMILES string of the molecule is COCCC1=C(C)N(CCOC)C(C)=CC1c1sccc1Br. The Bertz CT molecular complexity index is 565. The van der Waals surface area contributed by atoms with Gasteiger partial charge < -0.3 is 14.4 Å². The molecule has 2 heterocycles. The normalized spacial score (nSPS) is 18.9. The summed E-state index contributed by atoms with van der Waals surface area (Å²) in [5.41, 5.74) is 4.06. The average Bonchev–Trinajstić information content (AvgIpc) is 2.92. The van der Waals surface area contributed by atoms with Gasteiger partial charge in [-0.05, 0) is 53.2 Å². The Balaban J connectivity index is 2.36. The van der Waals surface area contributed by atoms with Gasteiger partial charge in [-0.25, -0.2) is 0 Å². The van der Waals surface area contributed by atoms with E-state index in [9.17, 15) is 0 Å². The van der Waals surface area contributed by atoms with Crippen molar-refractivity contribution in [3.8, 4) is 0 Å². The molecule has 0 saturated carbocycles. The molecule has 0 saturated heterocycles. The molecule has 22 heavy (non-hydrogen) atoms. The fraction of sp³-hybridized carbons (Fsp3) is 0.529. The average molecular weight is 386 g/mol. The molecule has 1 aromatic rings. The third kappa shape index (κ3) is 3.82. The third-order valence-electron chi connectivity index (χ3n) is 4.10. The number of rotatable bonds is 7. The van der Waals surface area contributed by atoms with Crippen LogP contribution in [0.4, 0.5) is 0 Å². The minimum Gasteiger partial charge on any atom is -0.384 e. The summed E-state index contributed by atoms with van der Waals surface area (Å²) in [5.74, 6) is 0.336. The predicted molar refractivity (Wildman–Crippen MR) is 96.3 cm³/mol. The van der Waals surface area contributed by atoms with E-state index in [0.717, 1.165) is 26.2 Å². The van der Waals surface area contributed by atoms with Crippen LogP contribution in [-0.4, -0.2) is 38.9 Å². The van der Waals surface area contributed by atoms with Gasteiger partial charge in [0.25, 0.3) is 0 Å². The number of thiophene rings is 1. The van der Waals surface area contributed by atoms with Gasteiger partial charge >= 0.3 is 0 Å².